The van der Waals surface area contributed by atoms with E-state index in [2.05, 4.69) is 0 Å². The molecule has 0 atom stereocenters. The number of hydrogen-bond acceptors (Lipinski definition) is 5. The Morgan fingerprint density at radius 3 is 2.17 bits per heavy atom. The summed E-state index contributed by atoms with van der Waals surface area (Å²) in [4.78, 5) is 41.8. The van der Waals surface area contributed by atoms with Crippen molar-refractivity contribution < 1.29 is 23.6 Å². The second-order valence-corrected chi connectivity index (χ2v) is 5.38. The van der Waals surface area contributed by atoms with Crippen molar-refractivity contribution in [2.75, 3.05) is 0 Å². The van der Waals surface area contributed by atoms with Gasteiger partial charge in [-0.25, -0.2) is 4.79 Å². The van der Waals surface area contributed by atoms with Crippen molar-refractivity contribution in [3.63, 3.8) is 0 Å². The summed E-state index contributed by atoms with van der Waals surface area (Å²) in [6.45, 7) is 1.71. The lowest BCUT2D eigenvalue weighted by atomic mass is 10.1. The highest BCUT2D eigenvalue weighted by atomic mass is 16.7. The molecule has 1 aliphatic rings. The molecule has 0 fully saturated rings. The van der Waals surface area contributed by atoms with Crippen molar-refractivity contribution in [2.24, 2.45) is 0 Å². The fourth-order valence-electron chi connectivity index (χ4n) is 2.74. The van der Waals surface area contributed by atoms with Gasteiger partial charge >= 0.3 is 5.97 Å². The number of carbonyl (C=O) groups excluding carboxylic acids is 3. The Morgan fingerprint density at radius 2 is 1.54 bits per heavy atom. The Morgan fingerprint density at radius 1 is 0.958 bits per heavy atom. The molecule has 1 aliphatic heterocycles. The van der Waals surface area contributed by atoms with Crippen LogP contribution in [0.4, 0.5) is 0 Å². The Balaban J connectivity index is 1.66. The molecule has 0 bridgehead atoms. The van der Waals surface area contributed by atoms with Gasteiger partial charge in [0.15, 0.2) is 0 Å². The Labute approximate surface area is 136 Å². The lowest BCUT2D eigenvalue weighted by molar-refractivity contribution is -0.0602. The van der Waals surface area contributed by atoms with E-state index in [1.54, 1.807) is 31.2 Å². The van der Waals surface area contributed by atoms with Crippen LogP contribution in [0.1, 0.15) is 36.8 Å². The maximum Gasteiger partial charge on any atom is 0.399 e. The van der Waals surface area contributed by atoms with E-state index in [1.807, 2.05) is 12.1 Å². The monoisotopic (exact) mass is 321 g/mol. The van der Waals surface area contributed by atoms with Crippen LogP contribution in [0.2, 0.25) is 0 Å². The average Bonchev–Trinajstić information content (AvgIpc) is 3.06. The minimum atomic E-state index is -0.891. The zero-order valence-corrected chi connectivity index (χ0v) is 12.6. The van der Waals surface area contributed by atoms with Gasteiger partial charge in [0.2, 0.25) is 5.76 Å². The summed E-state index contributed by atoms with van der Waals surface area (Å²) in [7, 11) is 0. The number of rotatable bonds is 2. The summed E-state index contributed by atoms with van der Waals surface area (Å²) >= 11 is 0. The Kier molecular flexibility index (Phi) is 2.99. The molecule has 0 saturated heterocycles. The topological polar surface area (TPSA) is 76.8 Å². The highest BCUT2D eigenvalue weighted by Crippen LogP contribution is 2.27. The van der Waals surface area contributed by atoms with E-state index in [0.717, 1.165) is 5.39 Å². The highest BCUT2D eigenvalue weighted by Gasteiger charge is 2.39. The van der Waals surface area contributed by atoms with Gasteiger partial charge in [-0.2, -0.15) is 0 Å². The molecule has 118 valence electrons. The molecule has 24 heavy (non-hydrogen) atoms. The smallest absolute Gasteiger partial charge is 0.399 e. The fraction of sp³-hybridized carbons (Fsp3) is 0.0556. The normalized spacial score (nSPS) is 13.5. The van der Waals surface area contributed by atoms with Gasteiger partial charge in [-0.3, -0.25) is 9.59 Å². The molecular formula is C18H11NO5. The Bertz CT molecular complexity index is 982. The van der Waals surface area contributed by atoms with Crippen LogP contribution in [0.25, 0.3) is 11.0 Å². The van der Waals surface area contributed by atoms with Crippen LogP contribution in [-0.4, -0.2) is 22.8 Å². The van der Waals surface area contributed by atoms with Crippen molar-refractivity contribution in [3.05, 3.63) is 71.0 Å². The molecule has 0 radical (unpaired) electrons. The summed E-state index contributed by atoms with van der Waals surface area (Å²) in [5, 5.41) is 1.24. The van der Waals surface area contributed by atoms with Crippen molar-refractivity contribution >= 4 is 28.8 Å². The fourth-order valence-corrected chi connectivity index (χ4v) is 2.74. The highest BCUT2D eigenvalue weighted by molar-refractivity contribution is 6.21. The van der Waals surface area contributed by atoms with Gasteiger partial charge in [-0.15, -0.1) is 0 Å². The number of carbonyl (C=O) groups is 3. The molecule has 6 nitrogen and oxygen atoms in total. The zero-order valence-electron chi connectivity index (χ0n) is 12.6. The predicted octanol–water partition coefficient (Wildman–Crippen LogP) is 3.11. The first-order valence-electron chi connectivity index (χ1n) is 7.26. The van der Waals surface area contributed by atoms with Gasteiger partial charge in [0.1, 0.15) is 5.58 Å². The number of para-hydroxylation sites is 1. The van der Waals surface area contributed by atoms with Gasteiger partial charge in [0.25, 0.3) is 11.8 Å². The summed E-state index contributed by atoms with van der Waals surface area (Å²) in [6.07, 6.45) is 0. The quantitative estimate of drug-likeness (QED) is 0.678. The molecule has 2 heterocycles. The molecule has 0 unspecified atom stereocenters. The van der Waals surface area contributed by atoms with Crippen LogP contribution in [0, 0.1) is 6.92 Å². The molecule has 4 rings (SSSR count). The van der Waals surface area contributed by atoms with Crippen molar-refractivity contribution in [1.82, 2.24) is 5.06 Å². The van der Waals surface area contributed by atoms with Crippen molar-refractivity contribution in [2.45, 2.75) is 6.92 Å². The van der Waals surface area contributed by atoms with Crippen molar-refractivity contribution in [1.29, 1.82) is 0 Å². The number of fused-ring (bicyclic) bond motifs is 2. The lowest BCUT2D eigenvalue weighted by Crippen LogP contribution is -2.32. The van der Waals surface area contributed by atoms with E-state index in [1.165, 1.54) is 12.1 Å². The molecule has 3 aromatic rings. The van der Waals surface area contributed by atoms with Crippen LogP contribution in [0.15, 0.2) is 52.9 Å². The van der Waals surface area contributed by atoms with Gasteiger partial charge in [0, 0.05) is 10.9 Å². The molecule has 1 aromatic heterocycles. The summed E-state index contributed by atoms with van der Waals surface area (Å²) in [5.74, 6) is -2.26. The third-order valence-corrected chi connectivity index (χ3v) is 3.96. The predicted molar refractivity (Wildman–Crippen MR) is 83.3 cm³/mol. The SMILES string of the molecule is Cc1c(C(=O)ON2C(=O)c3ccccc3C2=O)oc2ccccc12. The zero-order chi connectivity index (χ0) is 16.8. The molecule has 2 aromatic carbocycles. The van der Waals surface area contributed by atoms with E-state index in [-0.39, 0.29) is 16.9 Å². The van der Waals surface area contributed by atoms with Gasteiger partial charge < -0.3 is 9.25 Å². The number of nitrogens with zero attached hydrogens (tertiary/aromatic N) is 1. The minimum Gasteiger partial charge on any atom is -0.449 e. The van der Waals surface area contributed by atoms with E-state index >= 15 is 0 Å². The van der Waals surface area contributed by atoms with E-state index < -0.39 is 17.8 Å². The second-order valence-electron chi connectivity index (χ2n) is 5.38. The number of benzene rings is 2. The standard InChI is InChI=1S/C18H11NO5/c1-10-11-6-4-5-9-14(11)23-15(10)18(22)24-19-16(20)12-7-2-3-8-13(12)17(19)21/h2-9H,1H3. The van der Waals surface area contributed by atoms with Crippen LogP contribution in [-0.2, 0) is 4.84 Å². The van der Waals surface area contributed by atoms with E-state index in [4.69, 9.17) is 9.25 Å². The van der Waals surface area contributed by atoms with Crippen LogP contribution in [0.3, 0.4) is 0 Å². The molecular weight excluding hydrogens is 310 g/mol. The molecule has 6 heteroatoms. The maximum atomic E-state index is 12.4. The first-order valence-corrected chi connectivity index (χ1v) is 7.26. The minimum absolute atomic E-state index is 0.0345. The molecule has 0 spiro atoms. The first kappa shape index (κ1) is 14.2. The number of aryl methyl sites for hydroxylation is 1. The molecule has 0 aliphatic carbocycles. The molecule has 0 N–H and O–H groups in total. The molecule has 2 amide bonds. The third kappa shape index (κ3) is 1.93. The second kappa shape index (κ2) is 5.06. The third-order valence-electron chi connectivity index (χ3n) is 3.96. The van der Waals surface area contributed by atoms with Gasteiger partial charge in [0.05, 0.1) is 11.1 Å². The first-order chi connectivity index (χ1) is 11.6. The Hall–Kier alpha value is -3.41. The molecule has 0 saturated carbocycles. The van der Waals surface area contributed by atoms with Crippen LogP contribution >= 0.6 is 0 Å². The van der Waals surface area contributed by atoms with Crippen molar-refractivity contribution in [3.8, 4) is 0 Å². The van der Waals surface area contributed by atoms with Gasteiger partial charge in [-0.05, 0) is 25.1 Å². The van der Waals surface area contributed by atoms with E-state index in [9.17, 15) is 14.4 Å². The van der Waals surface area contributed by atoms with Crippen LogP contribution < -0.4 is 0 Å². The number of hydroxylamine groups is 2. The summed E-state index contributed by atoms with van der Waals surface area (Å²) in [5.41, 5.74) is 1.53. The largest absolute Gasteiger partial charge is 0.449 e. The number of hydrogen-bond donors (Lipinski definition) is 0. The summed E-state index contributed by atoms with van der Waals surface area (Å²) < 4.78 is 5.49. The van der Waals surface area contributed by atoms with Gasteiger partial charge in [-0.1, -0.05) is 35.4 Å². The average molecular weight is 321 g/mol. The number of furan rings is 1. The maximum absolute atomic E-state index is 12.4. The number of amides is 2. The van der Waals surface area contributed by atoms with Crippen LogP contribution in [0.5, 0.6) is 0 Å². The number of imide groups is 1. The summed E-state index contributed by atoms with van der Waals surface area (Å²) in [6, 6.07) is 13.4. The van der Waals surface area contributed by atoms with E-state index in [0.29, 0.717) is 16.2 Å². The lowest BCUT2D eigenvalue weighted by Gasteiger charge is -2.11.